The molecule has 0 N–H and O–H groups in total. The van der Waals surface area contributed by atoms with Crippen LogP contribution in [-0.4, -0.2) is 39.1 Å². The molecular formula is C15H27NO2S. The fraction of sp³-hybridized carbons (Fsp3) is 0.933. The van der Waals surface area contributed by atoms with Gasteiger partial charge in [0, 0.05) is 41.3 Å². The van der Waals surface area contributed by atoms with Crippen LogP contribution in [-0.2, 0) is 15.6 Å². The molecule has 4 heteroatoms. The van der Waals surface area contributed by atoms with E-state index < -0.39 is 10.8 Å². The summed E-state index contributed by atoms with van der Waals surface area (Å²) in [7, 11) is -0.719. The number of carbonyl (C=O) groups excluding carboxylic acids is 1. The molecule has 0 radical (unpaired) electrons. The molecular weight excluding hydrogens is 258 g/mol. The molecule has 2 unspecified atom stereocenters. The molecule has 0 aromatic heterocycles. The summed E-state index contributed by atoms with van der Waals surface area (Å²) in [5.74, 6) is 2.32. The predicted molar refractivity (Wildman–Crippen MR) is 79.5 cm³/mol. The summed E-state index contributed by atoms with van der Waals surface area (Å²) in [4.78, 5) is 14.5. The van der Waals surface area contributed by atoms with E-state index in [-0.39, 0.29) is 6.04 Å². The molecule has 0 aromatic rings. The molecule has 0 bridgehead atoms. The van der Waals surface area contributed by atoms with E-state index in [4.69, 9.17) is 0 Å². The van der Waals surface area contributed by atoms with E-state index in [2.05, 4.69) is 6.92 Å². The Labute approximate surface area is 119 Å². The van der Waals surface area contributed by atoms with Crippen LogP contribution in [0.25, 0.3) is 0 Å². The van der Waals surface area contributed by atoms with Gasteiger partial charge in [-0.05, 0) is 32.1 Å². The van der Waals surface area contributed by atoms with Gasteiger partial charge >= 0.3 is 0 Å². The summed E-state index contributed by atoms with van der Waals surface area (Å²) in [6.07, 6.45) is 9.31. The minimum atomic E-state index is -0.719. The van der Waals surface area contributed by atoms with Gasteiger partial charge in [-0.3, -0.25) is 9.00 Å². The lowest BCUT2D eigenvalue weighted by Crippen LogP contribution is -2.40. The molecule has 1 aliphatic carbocycles. The van der Waals surface area contributed by atoms with Crippen molar-refractivity contribution in [2.45, 2.75) is 64.3 Å². The molecule has 2 aliphatic rings. The lowest BCUT2D eigenvalue weighted by Gasteiger charge is -2.28. The Morgan fingerprint density at radius 3 is 2.47 bits per heavy atom. The Morgan fingerprint density at radius 2 is 1.79 bits per heavy atom. The van der Waals surface area contributed by atoms with Crippen LogP contribution in [0, 0.1) is 5.92 Å². The second-order valence-electron chi connectivity index (χ2n) is 6.13. The van der Waals surface area contributed by atoms with Crippen molar-refractivity contribution in [1.29, 1.82) is 0 Å². The van der Waals surface area contributed by atoms with Gasteiger partial charge in [-0.2, -0.15) is 0 Å². The van der Waals surface area contributed by atoms with Gasteiger partial charge in [-0.25, -0.2) is 0 Å². The van der Waals surface area contributed by atoms with Crippen molar-refractivity contribution in [3.05, 3.63) is 0 Å². The summed E-state index contributed by atoms with van der Waals surface area (Å²) >= 11 is 0. The van der Waals surface area contributed by atoms with Crippen LogP contribution >= 0.6 is 0 Å². The minimum absolute atomic E-state index is 0.268. The summed E-state index contributed by atoms with van der Waals surface area (Å²) in [5.41, 5.74) is 0. The van der Waals surface area contributed by atoms with E-state index in [9.17, 15) is 9.00 Å². The Bertz CT molecular complexity index is 324. The quantitative estimate of drug-likeness (QED) is 0.732. The monoisotopic (exact) mass is 285 g/mol. The lowest BCUT2D eigenvalue weighted by atomic mass is 9.95. The molecule has 2 atom stereocenters. The highest BCUT2D eigenvalue weighted by Gasteiger charge is 2.26. The fourth-order valence-corrected chi connectivity index (χ4v) is 4.49. The number of nitrogens with zero attached hydrogens (tertiary/aromatic N) is 1. The molecule has 0 aromatic carbocycles. The van der Waals surface area contributed by atoms with Crippen molar-refractivity contribution in [2.75, 3.05) is 18.1 Å². The Hall–Kier alpha value is -0.380. The summed E-state index contributed by atoms with van der Waals surface area (Å²) in [6, 6.07) is 0.268. The maximum atomic E-state index is 12.5. The largest absolute Gasteiger partial charge is 0.339 e. The third-order valence-electron chi connectivity index (χ3n) is 4.61. The van der Waals surface area contributed by atoms with Gasteiger partial charge in [0.1, 0.15) is 0 Å². The van der Waals surface area contributed by atoms with E-state index in [0.717, 1.165) is 18.6 Å². The average molecular weight is 285 g/mol. The normalized spacial score (nSPS) is 30.7. The van der Waals surface area contributed by atoms with E-state index in [1.165, 1.54) is 38.5 Å². The first-order chi connectivity index (χ1) is 9.16. The number of hydrogen-bond acceptors (Lipinski definition) is 2. The van der Waals surface area contributed by atoms with Crippen LogP contribution < -0.4 is 0 Å². The lowest BCUT2D eigenvalue weighted by molar-refractivity contribution is -0.134. The first kappa shape index (κ1) is 15.0. The topological polar surface area (TPSA) is 37.4 Å². The van der Waals surface area contributed by atoms with Crippen LogP contribution in [0.5, 0.6) is 0 Å². The van der Waals surface area contributed by atoms with Gasteiger partial charge in [-0.15, -0.1) is 0 Å². The summed E-state index contributed by atoms with van der Waals surface area (Å²) < 4.78 is 11.6. The fourth-order valence-electron chi connectivity index (χ4n) is 3.28. The third kappa shape index (κ3) is 4.59. The van der Waals surface area contributed by atoms with Crippen molar-refractivity contribution in [3.8, 4) is 0 Å². The maximum Gasteiger partial charge on any atom is 0.223 e. The molecule has 1 amide bonds. The zero-order chi connectivity index (χ0) is 13.7. The minimum Gasteiger partial charge on any atom is -0.339 e. The molecule has 2 fully saturated rings. The molecule has 2 rings (SSSR count). The molecule has 1 saturated carbocycles. The molecule has 1 aliphatic heterocycles. The average Bonchev–Trinajstić information content (AvgIpc) is 2.72. The smallest absolute Gasteiger partial charge is 0.223 e. The standard InChI is InChI=1S/C15H27NO2S/c1-13-8-10-19(18)11-9-16(13)15(17)12-14-6-4-2-3-5-7-14/h13-14H,2-12H2,1H3. The Kier molecular flexibility index (Phi) is 5.86. The highest BCUT2D eigenvalue weighted by molar-refractivity contribution is 7.85. The summed E-state index contributed by atoms with van der Waals surface area (Å²) in [5, 5.41) is 0. The molecule has 1 heterocycles. The second kappa shape index (κ2) is 7.41. The zero-order valence-electron chi connectivity index (χ0n) is 12.1. The van der Waals surface area contributed by atoms with Gasteiger partial charge < -0.3 is 4.90 Å². The van der Waals surface area contributed by atoms with Gasteiger partial charge in [0.25, 0.3) is 0 Å². The van der Waals surface area contributed by atoms with E-state index >= 15 is 0 Å². The van der Waals surface area contributed by atoms with Gasteiger partial charge in [0.15, 0.2) is 0 Å². The van der Waals surface area contributed by atoms with Crippen molar-refractivity contribution < 1.29 is 9.00 Å². The molecule has 19 heavy (non-hydrogen) atoms. The van der Waals surface area contributed by atoms with Crippen LogP contribution in [0.4, 0.5) is 0 Å². The van der Waals surface area contributed by atoms with E-state index in [0.29, 0.717) is 24.1 Å². The Morgan fingerprint density at radius 1 is 1.11 bits per heavy atom. The van der Waals surface area contributed by atoms with Gasteiger partial charge in [0.2, 0.25) is 5.91 Å². The molecule has 0 spiro atoms. The number of rotatable bonds is 2. The van der Waals surface area contributed by atoms with Crippen molar-refractivity contribution in [1.82, 2.24) is 4.90 Å². The van der Waals surface area contributed by atoms with E-state index in [1.807, 2.05) is 4.90 Å². The molecule has 1 saturated heterocycles. The number of hydrogen-bond donors (Lipinski definition) is 0. The second-order valence-corrected chi connectivity index (χ2v) is 7.83. The van der Waals surface area contributed by atoms with Crippen molar-refractivity contribution in [3.63, 3.8) is 0 Å². The first-order valence-corrected chi connectivity index (χ1v) is 9.30. The van der Waals surface area contributed by atoms with E-state index in [1.54, 1.807) is 0 Å². The zero-order valence-corrected chi connectivity index (χ0v) is 12.9. The maximum absolute atomic E-state index is 12.5. The van der Waals surface area contributed by atoms with Gasteiger partial charge in [-0.1, -0.05) is 25.7 Å². The van der Waals surface area contributed by atoms with Gasteiger partial charge in [0.05, 0.1) is 0 Å². The Balaban J connectivity index is 1.88. The van der Waals surface area contributed by atoms with Crippen molar-refractivity contribution in [2.24, 2.45) is 5.92 Å². The van der Waals surface area contributed by atoms with Crippen molar-refractivity contribution >= 4 is 16.7 Å². The van der Waals surface area contributed by atoms with Crippen LogP contribution in [0.3, 0.4) is 0 Å². The van der Waals surface area contributed by atoms with Crippen LogP contribution in [0.1, 0.15) is 58.3 Å². The number of carbonyl (C=O) groups is 1. The predicted octanol–water partition coefficient (Wildman–Crippen LogP) is 2.72. The number of amides is 1. The molecule has 110 valence electrons. The highest BCUT2D eigenvalue weighted by atomic mass is 32.2. The molecule has 3 nitrogen and oxygen atoms in total. The summed E-state index contributed by atoms with van der Waals surface area (Å²) in [6.45, 7) is 2.80. The SMILES string of the molecule is CC1CCS(=O)CCN1C(=O)CC1CCCCCC1. The van der Waals surface area contributed by atoms with Crippen LogP contribution in [0.2, 0.25) is 0 Å². The third-order valence-corrected chi connectivity index (χ3v) is 5.94. The first-order valence-electron chi connectivity index (χ1n) is 7.81. The van der Waals surface area contributed by atoms with Crippen LogP contribution in [0.15, 0.2) is 0 Å². The highest BCUT2D eigenvalue weighted by Crippen LogP contribution is 2.26.